The maximum absolute atomic E-state index is 13.9. The van der Waals surface area contributed by atoms with Crippen molar-refractivity contribution in [3.63, 3.8) is 0 Å². The van der Waals surface area contributed by atoms with Gasteiger partial charge in [0.1, 0.15) is 11.6 Å². The summed E-state index contributed by atoms with van der Waals surface area (Å²) in [7, 11) is 0. The standard InChI is InChI=1S/C31H27N7O4/c1-2-28(39)34-22-7-6-8-24(18-22)38-29-21(17-26(30(38)40)42-25-9-4-3-5-10-25)19-33-31(36-29)35-23-11-12-27(32-20-23)37-13-15-41-16-14-37/h2-12,17-20H,1,13-16H2,(H,34,39)(H,33,35,36). The maximum Gasteiger partial charge on any atom is 0.299 e. The van der Waals surface area contributed by atoms with Crippen LogP contribution in [0.15, 0.2) is 103 Å². The lowest BCUT2D eigenvalue weighted by atomic mass is 10.2. The van der Waals surface area contributed by atoms with Gasteiger partial charge in [-0.1, -0.05) is 30.8 Å². The number of hydrogen-bond acceptors (Lipinski definition) is 9. The van der Waals surface area contributed by atoms with E-state index < -0.39 is 5.56 Å². The number of hydrogen-bond donors (Lipinski definition) is 2. The van der Waals surface area contributed by atoms with Crippen molar-refractivity contribution in [2.75, 3.05) is 41.8 Å². The summed E-state index contributed by atoms with van der Waals surface area (Å²) in [5.41, 5.74) is 1.58. The summed E-state index contributed by atoms with van der Waals surface area (Å²) in [5.74, 6) is 1.39. The number of para-hydroxylation sites is 1. The molecule has 0 saturated carbocycles. The number of pyridine rings is 2. The molecule has 1 aliphatic heterocycles. The fourth-order valence-electron chi connectivity index (χ4n) is 4.55. The van der Waals surface area contributed by atoms with Gasteiger partial charge < -0.3 is 25.0 Å². The van der Waals surface area contributed by atoms with Crippen LogP contribution in [-0.4, -0.2) is 51.7 Å². The third-order valence-electron chi connectivity index (χ3n) is 6.58. The van der Waals surface area contributed by atoms with Gasteiger partial charge in [-0.3, -0.25) is 14.2 Å². The zero-order chi connectivity index (χ0) is 28.9. The molecule has 42 heavy (non-hydrogen) atoms. The van der Waals surface area contributed by atoms with E-state index in [1.165, 1.54) is 10.6 Å². The molecule has 1 saturated heterocycles. The van der Waals surface area contributed by atoms with Gasteiger partial charge in [-0.25, -0.2) is 9.97 Å². The van der Waals surface area contributed by atoms with E-state index >= 15 is 0 Å². The van der Waals surface area contributed by atoms with Gasteiger partial charge in [0.05, 0.1) is 30.8 Å². The number of morpholine rings is 1. The van der Waals surface area contributed by atoms with Gasteiger partial charge in [0, 0.05) is 30.4 Å². The van der Waals surface area contributed by atoms with E-state index in [9.17, 15) is 9.59 Å². The summed E-state index contributed by atoms with van der Waals surface area (Å²) in [6.07, 6.45) is 4.52. The third-order valence-corrected chi connectivity index (χ3v) is 6.58. The summed E-state index contributed by atoms with van der Waals surface area (Å²) >= 11 is 0. The number of nitrogens with one attached hydrogen (secondary N) is 2. The fourth-order valence-corrected chi connectivity index (χ4v) is 4.55. The number of benzene rings is 2. The van der Waals surface area contributed by atoms with Crippen molar-refractivity contribution in [2.45, 2.75) is 0 Å². The van der Waals surface area contributed by atoms with Crippen LogP contribution in [0.1, 0.15) is 0 Å². The minimum Gasteiger partial charge on any atom is -0.452 e. The van der Waals surface area contributed by atoms with Gasteiger partial charge in [-0.05, 0) is 54.6 Å². The minimum absolute atomic E-state index is 0.0986. The Morgan fingerprint density at radius 2 is 1.79 bits per heavy atom. The Labute approximate surface area is 241 Å². The van der Waals surface area contributed by atoms with Gasteiger partial charge in [-0.2, -0.15) is 4.98 Å². The summed E-state index contributed by atoms with van der Waals surface area (Å²) in [4.78, 5) is 41.7. The lowest BCUT2D eigenvalue weighted by molar-refractivity contribution is -0.111. The van der Waals surface area contributed by atoms with Crippen LogP contribution in [0.5, 0.6) is 11.5 Å². The highest BCUT2D eigenvalue weighted by Gasteiger charge is 2.17. The average molecular weight is 562 g/mol. The molecule has 0 atom stereocenters. The monoisotopic (exact) mass is 561 g/mol. The van der Waals surface area contributed by atoms with E-state index in [4.69, 9.17) is 14.5 Å². The molecule has 0 unspecified atom stereocenters. The first kappa shape index (κ1) is 26.7. The number of anilines is 4. The molecular formula is C31H27N7O4. The largest absolute Gasteiger partial charge is 0.452 e. The number of aromatic nitrogens is 4. The number of amides is 1. The van der Waals surface area contributed by atoms with E-state index in [1.807, 2.05) is 30.3 Å². The molecule has 5 aromatic rings. The lowest BCUT2D eigenvalue weighted by Crippen LogP contribution is -2.36. The number of rotatable bonds is 8. The summed E-state index contributed by atoms with van der Waals surface area (Å²) < 4.78 is 12.8. The first-order valence-electron chi connectivity index (χ1n) is 13.3. The fraction of sp³-hybridized carbons (Fsp3) is 0.129. The van der Waals surface area contributed by atoms with Crippen molar-refractivity contribution in [3.8, 4) is 17.2 Å². The second-order valence-corrected chi connectivity index (χ2v) is 9.41. The Morgan fingerprint density at radius 3 is 2.55 bits per heavy atom. The highest BCUT2D eigenvalue weighted by Crippen LogP contribution is 2.26. The SMILES string of the molecule is C=CC(=O)Nc1cccc(-n2c(=O)c(Oc3ccccc3)cc3cnc(Nc4ccc(N5CCOCC5)nc4)nc32)c1. The number of fused-ring (bicyclic) bond motifs is 1. The number of carbonyl (C=O) groups is 1. The molecule has 0 bridgehead atoms. The van der Waals surface area contributed by atoms with Crippen LogP contribution < -0.4 is 25.8 Å². The second kappa shape index (κ2) is 11.9. The summed E-state index contributed by atoms with van der Waals surface area (Å²) in [5, 5.41) is 6.49. The van der Waals surface area contributed by atoms with Crippen LogP contribution in [0, 0.1) is 0 Å². The molecule has 0 spiro atoms. The van der Waals surface area contributed by atoms with Crippen LogP contribution in [0.4, 0.5) is 23.1 Å². The third kappa shape index (κ3) is 5.81. The van der Waals surface area contributed by atoms with E-state index in [0.29, 0.717) is 47.1 Å². The average Bonchev–Trinajstić information content (AvgIpc) is 3.03. The topological polar surface area (TPSA) is 124 Å². The Hall–Kier alpha value is -5.55. The zero-order valence-corrected chi connectivity index (χ0v) is 22.6. The van der Waals surface area contributed by atoms with Crippen LogP contribution in [0.25, 0.3) is 16.7 Å². The summed E-state index contributed by atoms with van der Waals surface area (Å²) in [6, 6.07) is 21.4. The van der Waals surface area contributed by atoms with Crippen molar-refractivity contribution in [1.29, 1.82) is 0 Å². The van der Waals surface area contributed by atoms with Crippen LogP contribution in [-0.2, 0) is 9.53 Å². The molecular weight excluding hydrogens is 534 g/mol. The molecule has 1 aliphatic rings. The maximum atomic E-state index is 13.9. The highest BCUT2D eigenvalue weighted by atomic mass is 16.5. The van der Waals surface area contributed by atoms with Crippen LogP contribution >= 0.6 is 0 Å². The summed E-state index contributed by atoms with van der Waals surface area (Å²) in [6.45, 7) is 6.43. The number of ether oxygens (including phenoxy) is 2. The Balaban J connectivity index is 1.39. The smallest absolute Gasteiger partial charge is 0.299 e. The molecule has 11 heteroatoms. The normalized spacial score (nSPS) is 13.0. The van der Waals surface area contributed by atoms with E-state index in [2.05, 4.69) is 32.1 Å². The molecule has 2 aromatic carbocycles. The first-order valence-corrected chi connectivity index (χ1v) is 13.3. The van der Waals surface area contributed by atoms with Crippen molar-refractivity contribution in [3.05, 3.63) is 108 Å². The van der Waals surface area contributed by atoms with Gasteiger partial charge in [-0.15, -0.1) is 0 Å². The zero-order valence-electron chi connectivity index (χ0n) is 22.6. The first-order chi connectivity index (χ1) is 20.6. The molecule has 3 aromatic heterocycles. The van der Waals surface area contributed by atoms with E-state index in [0.717, 1.165) is 18.9 Å². The van der Waals surface area contributed by atoms with Crippen LogP contribution in [0.2, 0.25) is 0 Å². The minimum atomic E-state index is -0.431. The van der Waals surface area contributed by atoms with Crippen molar-refractivity contribution in [2.24, 2.45) is 0 Å². The van der Waals surface area contributed by atoms with Gasteiger partial charge in [0.25, 0.3) is 5.56 Å². The van der Waals surface area contributed by atoms with Crippen LogP contribution in [0.3, 0.4) is 0 Å². The van der Waals surface area contributed by atoms with Gasteiger partial charge in [0.2, 0.25) is 11.9 Å². The highest BCUT2D eigenvalue weighted by molar-refractivity contribution is 5.99. The molecule has 2 N–H and O–H groups in total. The second-order valence-electron chi connectivity index (χ2n) is 9.41. The predicted octanol–water partition coefficient (Wildman–Crippen LogP) is 4.67. The van der Waals surface area contributed by atoms with Gasteiger partial charge >= 0.3 is 0 Å². The quantitative estimate of drug-likeness (QED) is 0.260. The molecule has 1 fully saturated rings. The van der Waals surface area contributed by atoms with Crippen molar-refractivity contribution < 1.29 is 14.3 Å². The molecule has 6 rings (SSSR count). The van der Waals surface area contributed by atoms with E-state index in [1.54, 1.807) is 54.9 Å². The molecule has 4 heterocycles. The lowest BCUT2D eigenvalue weighted by Gasteiger charge is -2.27. The number of carbonyl (C=O) groups excluding carboxylic acids is 1. The number of nitrogens with zero attached hydrogens (tertiary/aromatic N) is 5. The molecule has 1 amide bonds. The molecule has 0 radical (unpaired) electrons. The molecule has 11 nitrogen and oxygen atoms in total. The van der Waals surface area contributed by atoms with Crippen molar-refractivity contribution >= 4 is 40.1 Å². The Kier molecular flexibility index (Phi) is 7.56. The molecule has 0 aliphatic carbocycles. The van der Waals surface area contributed by atoms with Gasteiger partial charge in [0.15, 0.2) is 11.4 Å². The molecule has 210 valence electrons. The Morgan fingerprint density at radius 1 is 0.952 bits per heavy atom. The van der Waals surface area contributed by atoms with E-state index in [-0.39, 0.29) is 17.6 Å². The Bertz CT molecular complexity index is 1800. The van der Waals surface area contributed by atoms with Crippen molar-refractivity contribution in [1.82, 2.24) is 19.5 Å². The predicted molar refractivity (Wildman–Crippen MR) is 161 cm³/mol.